The Morgan fingerprint density at radius 2 is 2.00 bits per heavy atom. The van der Waals surface area contributed by atoms with E-state index in [1.807, 2.05) is 47.7 Å². The SMILES string of the molecule is Cc1cccc2nc(-c3ccc4c(c3)OCO4)c(N)n12. The van der Waals surface area contributed by atoms with Crippen molar-refractivity contribution in [2.45, 2.75) is 6.92 Å². The number of fused-ring (bicyclic) bond motifs is 2. The number of imidazole rings is 1. The number of hydrogen-bond donors (Lipinski definition) is 1. The van der Waals surface area contributed by atoms with Gasteiger partial charge in [0.1, 0.15) is 17.2 Å². The molecule has 0 unspecified atom stereocenters. The van der Waals surface area contributed by atoms with E-state index >= 15 is 0 Å². The van der Waals surface area contributed by atoms with Gasteiger partial charge in [0.25, 0.3) is 0 Å². The lowest BCUT2D eigenvalue weighted by Gasteiger charge is -2.03. The molecule has 0 fully saturated rings. The number of pyridine rings is 1. The minimum atomic E-state index is 0.262. The van der Waals surface area contributed by atoms with Crippen LogP contribution >= 0.6 is 0 Å². The Labute approximate surface area is 115 Å². The molecule has 0 saturated carbocycles. The van der Waals surface area contributed by atoms with E-state index in [9.17, 15) is 0 Å². The highest BCUT2D eigenvalue weighted by atomic mass is 16.7. The summed E-state index contributed by atoms with van der Waals surface area (Å²) in [4.78, 5) is 4.61. The molecule has 3 heterocycles. The average molecular weight is 267 g/mol. The first-order valence-electron chi connectivity index (χ1n) is 6.37. The van der Waals surface area contributed by atoms with E-state index in [1.165, 1.54) is 0 Å². The van der Waals surface area contributed by atoms with Crippen LogP contribution in [0.4, 0.5) is 5.82 Å². The van der Waals surface area contributed by atoms with Crippen LogP contribution in [-0.4, -0.2) is 16.2 Å². The van der Waals surface area contributed by atoms with E-state index in [0.717, 1.165) is 34.1 Å². The van der Waals surface area contributed by atoms with Crippen LogP contribution in [0, 0.1) is 6.92 Å². The quantitative estimate of drug-likeness (QED) is 0.736. The van der Waals surface area contributed by atoms with Gasteiger partial charge in [-0.05, 0) is 37.3 Å². The Balaban J connectivity index is 1.94. The molecule has 0 saturated heterocycles. The maximum atomic E-state index is 6.25. The van der Waals surface area contributed by atoms with Crippen LogP contribution in [0.3, 0.4) is 0 Å². The number of ether oxygens (including phenoxy) is 2. The Bertz CT molecular complexity index is 823. The summed E-state index contributed by atoms with van der Waals surface area (Å²) < 4.78 is 12.7. The topological polar surface area (TPSA) is 61.8 Å². The lowest BCUT2D eigenvalue weighted by Crippen LogP contribution is -1.97. The van der Waals surface area contributed by atoms with Gasteiger partial charge in [0, 0.05) is 11.3 Å². The number of hydrogen-bond acceptors (Lipinski definition) is 4. The molecule has 3 aromatic rings. The van der Waals surface area contributed by atoms with Gasteiger partial charge in [0.15, 0.2) is 11.5 Å². The third-order valence-electron chi connectivity index (χ3n) is 3.52. The lowest BCUT2D eigenvalue weighted by molar-refractivity contribution is 0.174. The van der Waals surface area contributed by atoms with Crippen molar-refractivity contribution >= 4 is 11.5 Å². The molecule has 2 N–H and O–H groups in total. The zero-order valence-electron chi connectivity index (χ0n) is 11.0. The third-order valence-corrected chi connectivity index (χ3v) is 3.52. The standard InChI is InChI=1S/C15H13N3O2/c1-9-3-2-4-13-17-14(15(16)18(9)13)10-5-6-11-12(7-10)20-8-19-11/h2-7H,8,16H2,1H3. The summed E-state index contributed by atoms with van der Waals surface area (Å²) in [6.07, 6.45) is 0. The van der Waals surface area contributed by atoms with Gasteiger partial charge in [-0.25, -0.2) is 4.98 Å². The van der Waals surface area contributed by atoms with Crippen molar-refractivity contribution in [2.24, 2.45) is 0 Å². The van der Waals surface area contributed by atoms with E-state index < -0.39 is 0 Å². The van der Waals surface area contributed by atoms with Gasteiger partial charge in [0.2, 0.25) is 6.79 Å². The molecule has 0 atom stereocenters. The predicted octanol–water partition coefficient (Wildman–Crippen LogP) is 2.62. The first kappa shape index (κ1) is 11.2. The lowest BCUT2D eigenvalue weighted by atomic mass is 10.1. The van der Waals surface area contributed by atoms with Gasteiger partial charge < -0.3 is 15.2 Å². The molecule has 100 valence electrons. The second kappa shape index (κ2) is 3.90. The molecule has 0 radical (unpaired) electrons. The van der Waals surface area contributed by atoms with Crippen molar-refractivity contribution in [3.05, 3.63) is 42.1 Å². The molecule has 1 aromatic carbocycles. The molecule has 5 nitrogen and oxygen atoms in total. The monoisotopic (exact) mass is 267 g/mol. The Morgan fingerprint density at radius 3 is 2.85 bits per heavy atom. The summed E-state index contributed by atoms with van der Waals surface area (Å²) in [5.41, 5.74) is 9.83. The summed E-state index contributed by atoms with van der Waals surface area (Å²) in [6.45, 7) is 2.27. The van der Waals surface area contributed by atoms with Gasteiger partial charge in [-0.15, -0.1) is 0 Å². The molecule has 1 aliphatic heterocycles. The van der Waals surface area contributed by atoms with Crippen molar-refractivity contribution in [2.75, 3.05) is 12.5 Å². The molecule has 0 bridgehead atoms. The van der Waals surface area contributed by atoms with Crippen molar-refractivity contribution in [1.29, 1.82) is 0 Å². The summed E-state index contributed by atoms with van der Waals surface area (Å²) in [5, 5.41) is 0. The predicted molar refractivity (Wildman–Crippen MR) is 75.9 cm³/mol. The van der Waals surface area contributed by atoms with Crippen molar-refractivity contribution in [1.82, 2.24) is 9.38 Å². The van der Waals surface area contributed by atoms with Crippen LogP contribution < -0.4 is 15.2 Å². The molecule has 0 spiro atoms. The smallest absolute Gasteiger partial charge is 0.231 e. The highest BCUT2D eigenvalue weighted by Gasteiger charge is 2.17. The maximum Gasteiger partial charge on any atom is 0.231 e. The van der Waals surface area contributed by atoms with Gasteiger partial charge in [0.05, 0.1) is 0 Å². The van der Waals surface area contributed by atoms with Crippen LogP contribution in [0.1, 0.15) is 5.69 Å². The molecule has 4 rings (SSSR count). The highest BCUT2D eigenvalue weighted by Crippen LogP contribution is 2.37. The zero-order valence-corrected chi connectivity index (χ0v) is 11.0. The largest absolute Gasteiger partial charge is 0.454 e. The van der Waals surface area contributed by atoms with Crippen LogP contribution in [0.2, 0.25) is 0 Å². The van der Waals surface area contributed by atoms with Crippen LogP contribution in [0.25, 0.3) is 16.9 Å². The first-order valence-corrected chi connectivity index (χ1v) is 6.37. The Kier molecular flexibility index (Phi) is 2.18. The molecule has 2 aromatic heterocycles. The molecule has 20 heavy (non-hydrogen) atoms. The fourth-order valence-corrected chi connectivity index (χ4v) is 2.54. The Hall–Kier alpha value is -2.69. The number of aryl methyl sites for hydroxylation is 1. The summed E-state index contributed by atoms with van der Waals surface area (Å²) in [7, 11) is 0. The van der Waals surface area contributed by atoms with Gasteiger partial charge >= 0.3 is 0 Å². The molecule has 5 heteroatoms. The molecular formula is C15H13N3O2. The van der Waals surface area contributed by atoms with Crippen molar-refractivity contribution in [3.63, 3.8) is 0 Å². The summed E-state index contributed by atoms with van der Waals surface area (Å²) in [6, 6.07) is 11.7. The van der Waals surface area contributed by atoms with E-state index in [-0.39, 0.29) is 6.79 Å². The average Bonchev–Trinajstić information content (AvgIpc) is 3.03. The molecular weight excluding hydrogens is 254 g/mol. The summed E-state index contributed by atoms with van der Waals surface area (Å²) >= 11 is 0. The van der Waals surface area contributed by atoms with Crippen LogP contribution in [0.5, 0.6) is 11.5 Å². The maximum absolute atomic E-state index is 6.25. The fraction of sp³-hybridized carbons (Fsp3) is 0.133. The highest BCUT2D eigenvalue weighted by molar-refractivity contribution is 5.77. The number of aromatic nitrogens is 2. The van der Waals surface area contributed by atoms with Crippen LogP contribution in [0.15, 0.2) is 36.4 Å². The van der Waals surface area contributed by atoms with Crippen LogP contribution in [-0.2, 0) is 0 Å². The molecule has 1 aliphatic rings. The number of anilines is 1. The number of rotatable bonds is 1. The number of nitrogen functional groups attached to an aromatic ring is 1. The fourth-order valence-electron chi connectivity index (χ4n) is 2.54. The minimum absolute atomic E-state index is 0.262. The minimum Gasteiger partial charge on any atom is -0.454 e. The van der Waals surface area contributed by atoms with Gasteiger partial charge in [-0.3, -0.25) is 4.40 Å². The molecule has 0 aliphatic carbocycles. The summed E-state index contributed by atoms with van der Waals surface area (Å²) in [5.74, 6) is 2.12. The Morgan fingerprint density at radius 1 is 1.15 bits per heavy atom. The van der Waals surface area contributed by atoms with Gasteiger partial charge in [-0.2, -0.15) is 0 Å². The van der Waals surface area contributed by atoms with Gasteiger partial charge in [-0.1, -0.05) is 6.07 Å². The second-order valence-corrected chi connectivity index (χ2v) is 4.77. The zero-order chi connectivity index (χ0) is 13.7. The second-order valence-electron chi connectivity index (χ2n) is 4.77. The van der Waals surface area contributed by atoms with E-state index in [2.05, 4.69) is 4.98 Å². The van der Waals surface area contributed by atoms with Crippen molar-refractivity contribution < 1.29 is 9.47 Å². The van der Waals surface area contributed by atoms with E-state index in [1.54, 1.807) is 0 Å². The number of nitrogens with zero attached hydrogens (tertiary/aromatic N) is 2. The van der Waals surface area contributed by atoms with E-state index in [0.29, 0.717) is 5.82 Å². The molecule has 0 amide bonds. The normalized spacial score (nSPS) is 13.1. The van der Waals surface area contributed by atoms with Crippen molar-refractivity contribution in [3.8, 4) is 22.8 Å². The number of nitrogens with two attached hydrogens (primary N) is 1. The first-order chi connectivity index (χ1) is 9.74. The third kappa shape index (κ3) is 1.46. The van der Waals surface area contributed by atoms with E-state index in [4.69, 9.17) is 15.2 Å². The number of benzene rings is 1.